The highest BCUT2D eigenvalue weighted by atomic mass is 35.5. The summed E-state index contributed by atoms with van der Waals surface area (Å²) in [5.41, 5.74) is 4.23. The van der Waals surface area contributed by atoms with E-state index >= 15 is 0 Å². The van der Waals surface area contributed by atoms with Gasteiger partial charge in [-0.1, -0.05) is 41.9 Å². The smallest absolute Gasteiger partial charge is 0.231 e. The highest BCUT2D eigenvalue weighted by molar-refractivity contribution is 6.31. The highest BCUT2D eigenvalue weighted by Gasteiger charge is 2.25. The van der Waals surface area contributed by atoms with Gasteiger partial charge in [0.2, 0.25) is 5.91 Å². The number of fused-ring (bicyclic) bond motifs is 1. The molecule has 0 aliphatic carbocycles. The molecule has 21 heavy (non-hydrogen) atoms. The molecule has 2 aromatic carbocycles. The maximum atomic E-state index is 11.8. The number of halogens is 1. The van der Waals surface area contributed by atoms with E-state index in [9.17, 15) is 4.79 Å². The first-order valence-corrected chi connectivity index (χ1v) is 7.30. The van der Waals surface area contributed by atoms with Gasteiger partial charge in [0.05, 0.1) is 12.5 Å². The lowest BCUT2D eigenvalue weighted by Gasteiger charge is -2.20. The third-order valence-corrected chi connectivity index (χ3v) is 4.36. The quantitative estimate of drug-likeness (QED) is 0.944. The Morgan fingerprint density at radius 1 is 1.24 bits per heavy atom. The van der Waals surface area contributed by atoms with E-state index in [0.717, 1.165) is 27.4 Å². The van der Waals surface area contributed by atoms with Crippen molar-refractivity contribution in [3.63, 3.8) is 0 Å². The van der Waals surface area contributed by atoms with Crippen LogP contribution in [0.15, 0.2) is 42.5 Å². The Labute approximate surface area is 129 Å². The summed E-state index contributed by atoms with van der Waals surface area (Å²) in [6.45, 7) is 0. The average molecular weight is 301 g/mol. The SMILES string of the molecule is CNC(c1ccc2c(c1)CC(=O)N2C)c1ccccc1Cl. The fraction of sp³-hybridized carbons (Fsp3) is 0.235. The summed E-state index contributed by atoms with van der Waals surface area (Å²) in [5, 5.41) is 4.05. The molecule has 0 fully saturated rings. The summed E-state index contributed by atoms with van der Waals surface area (Å²) in [5.74, 6) is 0.140. The number of carbonyl (C=O) groups excluding carboxylic acids is 1. The fourth-order valence-corrected chi connectivity index (χ4v) is 3.13. The number of nitrogens with one attached hydrogen (secondary N) is 1. The molecule has 1 amide bonds. The number of carbonyl (C=O) groups is 1. The van der Waals surface area contributed by atoms with Crippen LogP contribution in [-0.2, 0) is 11.2 Å². The topological polar surface area (TPSA) is 32.3 Å². The maximum absolute atomic E-state index is 11.8. The summed E-state index contributed by atoms with van der Waals surface area (Å²) in [7, 11) is 3.73. The van der Waals surface area contributed by atoms with Crippen LogP contribution in [0.5, 0.6) is 0 Å². The van der Waals surface area contributed by atoms with Crippen LogP contribution >= 0.6 is 11.6 Å². The van der Waals surface area contributed by atoms with Crippen LogP contribution < -0.4 is 10.2 Å². The van der Waals surface area contributed by atoms with Crippen molar-refractivity contribution in [3.05, 3.63) is 64.2 Å². The molecule has 1 N–H and O–H groups in total. The number of hydrogen-bond donors (Lipinski definition) is 1. The van der Waals surface area contributed by atoms with Crippen LogP contribution in [0.3, 0.4) is 0 Å². The molecule has 0 saturated heterocycles. The number of amides is 1. The number of anilines is 1. The molecule has 0 bridgehead atoms. The second-order valence-corrected chi connectivity index (χ2v) is 5.67. The lowest BCUT2D eigenvalue weighted by atomic mass is 9.96. The largest absolute Gasteiger partial charge is 0.315 e. The van der Waals surface area contributed by atoms with Crippen molar-refractivity contribution in [3.8, 4) is 0 Å². The van der Waals surface area contributed by atoms with Crippen LogP contribution in [0.25, 0.3) is 0 Å². The van der Waals surface area contributed by atoms with Crippen molar-refractivity contribution >= 4 is 23.2 Å². The van der Waals surface area contributed by atoms with Gasteiger partial charge in [-0.2, -0.15) is 0 Å². The Morgan fingerprint density at radius 3 is 2.71 bits per heavy atom. The van der Waals surface area contributed by atoms with Crippen LogP contribution in [0, 0.1) is 0 Å². The van der Waals surface area contributed by atoms with E-state index in [0.29, 0.717) is 6.42 Å². The van der Waals surface area contributed by atoms with Crippen molar-refractivity contribution in [2.75, 3.05) is 19.0 Å². The molecular formula is C17H17ClN2O. The molecule has 0 spiro atoms. The zero-order valence-corrected chi connectivity index (χ0v) is 12.8. The van der Waals surface area contributed by atoms with E-state index in [1.165, 1.54) is 0 Å². The van der Waals surface area contributed by atoms with Gasteiger partial charge in [0.1, 0.15) is 0 Å². The molecule has 3 rings (SSSR count). The fourth-order valence-electron chi connectivity index (χ4n) is 2.88. The second kappa shape index (κ2) is 5.51. The van der Waals surface area contributed by atoms with Gasteiger partial charge in [0, 0.05) is 17.8 Å². The highest BCUT2D eigenvalue weighted by Crippen LogP contribution is 2.33. The van der Waals surface area contributed by atoms with Crippen molar-refractivity contribution in [2.24, 2.45) is 0 Å². The van der Waals surface area contributed by atoms with E-state index in [4.69, 9.17) is 11.6 Å². The Hall–Kier alpha value is -1.84. The van der Waals surface area contributed by atoms with Gasteiger partial charge in [-0.05, 0) is 35.9 Å². The van der Waals surface area contributed by atoms with Gasteiger partial charge in [0.15, 0.2) is 0 Å². The molecule has 1 unspecified atom stereocenters. The van der Waals surface area contributed by atoms with Crippen molar-refractivity contribution in [1.29, 1.82) is 0 Å². The molecule has 1 atom stereocenters. The first-order chi connectivity index (χ1) is 10.1. The third-order valence-electron chi connectivity index (χ3n) is 4.02. The summed E-state index contributed by atoms with van der Waals surface area (Å²) in [6.07, 6.45) is 0.471. The molecule has 0 aromatic heterocycles. The first kappa shape index (κ1) is 14.1. The predicted octanol–water partition coefficient (Wildman–Crippen LogP) is 3.17. The molecule has 4 heteroatoms. The summed E-state index contributed by atoms with van der Waals surface area (Å²) in [4.78, 5) is 13.5. The summed E-state index contributed by atoms with van der Waals surface area (Å²) < 4.78 is 0. The lowest BCUT2D eigenvalue weighted by molar-refractivity contribution is -0.117. The van der Waals surface area contributed by atoms with E-state index < -0.39 is 0 Å². The zero-order chi connectivity index (χ0) is 15.0. The van der Waals surface area contributed by atoms with Gasteiger partial charge < -0.3 is 10.2 Å². The average Bonchev–Trinajstić information content (AvgIpc) is 2.77. The van der Waals surface area contributed by atoms with E-state index in [1.807, 2.05) is 44.4 Å². The van der Waals surface area contributed by atoms with Gasteiger partial charge in [-0.3, -0.25) is 4.79 Å². The molecule has 0 radical (unpaired) electrons. The second-order valence-electron chi connectivity index (χ2n) is 5.26. The minimum Gasteiger partial charge on any atom is -0.315 e. The number of nitrogens with zero attached hydrogens (tertiary/aromatic N) is 1. The molecule has 108 valence electrons. The van der Waals surface area contributed by atoms with E-state index in [-0.39, 0.29) is 11.9 Å². The van der Waals surface area contributed by atoms with E-state index in [1.54, 1.807) is 4.90 Å². The number of benzene rings is 2. The Morgan fingerprint density at radius 2 is 2.00 bits per heavy atom. The Balaban J connectivity index is 2.02. The van der Waals surface area contributed by atoms with Gasteiger partial charge in [-0.25, -0.2) is 0 Å². The molecule has 3 nitrogen and oxygen atoms in total. The molecule has 1 aliphatic heterocycles. The summed E-state index contributed by atoms with van der Waals surface area (Å²) >= 11 is 6.31. The molecular weight excluding hydrogens is 284 g/mol. The van der Waals surface area contributed by atoms with Crippen molar-refractivity contribution in [2.45, 2.75) is 12.5 Å². The van der Waals surface area contributed by atoms with Crippen LogP contribution in [0.2, 0.25) is 5.02 Å². The molecule has 1 aliphatic rings. The van der Waals surface area contributed by atoms with E-state index in [2.05, 4.69) is 17.4 Å². The van der Waals surface area contributed by atoms with Crippen LogP contribution in [0.4, 0.5) is 5.69 Å². The van der Waals surface area contributed by atoms with Crippen LogP contribution in [0.1, 0.15) is 22.7 Å². The monoisotopic (exact) mass is 300 g/mol. The normalized spacial score (nSPS) is 15.2. The predicted molar refractivity (Wildman–Crippen MR) is 85.9 cm³/mol. The minimum atomic E-state index is 0.0185. The number of hydrogen-bond acceptors (Lipinski definition) is 2. The Bertz CT molecular complexity index is 699. The first-order valence-electron chi connectivity index (χ1n) is 6.93. The standard InChI is InChI=1S/C17H17ClN2O/c1-19-17(13-5-3-4-6-14(13)18)11-7-8-15-12(9-11)10-16(21)20(15)2/h3-9,17,19H,10H2,1-2H3. The molecule has 1 heterocycles. The number of rotatable bonds is 3. The Kier molecular flexibility index (Phi) is 3.70. The van der Waals surface area contributed by atoms with Gasteiger partial charge in [0.25, 0.3) is 0 Å². The van der Waals surface area contributed by atoms with Crippen molar-refractivity contribution in [1.82, 2.24) is 5.32 Å². The maximum Gasteiger partial charge on any atom is 0.231 e. The van der Waals surface area contributed by atoms with Crippen molar-refractivity contribution < 1.29 is 4.79 Å². The minimum absolute atomic E-state index is 0.0185. The third kappa shape index (κ3) is 2.43. The van der Waals surface area contributed by atoms with Crippen LogP contribution in [-0.4, -0.2) is 20.0 Å². The van der Waals surface area contributed by atoms with Gasteiger partial charge in [-0.15, -0.1) is 0 Å². The zero-order valence-electron chi connectivity index (χ0n) is 12.1. The number of likely N-dealkylation sites (N-methyl/N-ethyl adjacent to an activating group) is 1. The summed E-state index contributed by atoms with van der Waals surface area (Å²) in [6, 6.07) is 14.0. The molecule has 0 saturated carbocycles. The van der Waals surface area contributed by atoms with Gasteiger partial charge >= 0.3 is 0 Å². The molecule has 2 aromatic rings. The lowest BCUT2D eigenvalue weighted by Crippen LogP contribution is -2.20.